The SMILES string of the molecule is [2H]c1c([2H])c([2H])c(-c2nc(-c3c([2H])c([2H])c([2H])c([2H])c3[2H])nc(-c3c([2H])c([2H])c([2H])c4c3-n3c5c([2H])c([2H])c([2H])c([2H])c5c5c([2H])c([2H])c([2H])c(c53)[Si]4(c3c([2H])c([2H])c([2H])c([2H])c3[2H])c3c([2H])c([2H])c([2H])c([2H])c3[2H])n2)c([2H])c1[2H]. The molecule has 4 nitrogen and oxygen atoms in total. The van der Waals surface area contributed by atoms with Gasteiger partial charge < -0.3 is 4.57 Å². The summed E-state index contributed by atoms with van der Waals surface area (Å²) in [4.78, 5) is 13.2. The summed E-state index contributed by atoms with van der Waals surface area (Å²) < 4.78 is 274. The smallest absolute Gasteiger partial charge is 0.184 e. The highest BCUT2D eigenvalue weighted by Gasteiger charge is 2.48. The van der Waals surface area contributed by atoms with Crippen molar-refractivity contribution in [2.45, 2.75) is 0 Å². The molecular weight excluding hydrogens is 625 g/mol. The summed E-state index contributed by atoms with van der Waals surface area (Å²) in [5.74, 6) is -2.95. The molecule has 0 saturated carbocycles. The third-order valence-electron chi connectivity index (χ3n) is 8.09. The van der Waals surface area contributed by atoms with Gasteiger partial charge in [0.1, 0.15) is 0 Å². The molecule has 0 bridgehead atoms. The Balaban J connectivity index is 1.64. The van der Waals surface area contributed by atoms with E-state index in [9.17, 15) is 16.4 Å². The Morgan fingerprint density at radius 1 is 0.420 bits per heavy atom. The maximum atomic E-state index is 10.1. The molecule has 234 valence electrons. The van der Waals surface area contributed by atoms with Crippen molar-refractivity contribution in [3.05, 3.63) is 181 Å². The molecule has 0 aliphatic carbocycles. The Labute approximate surface area is 333 Å². The molecule has 5 heteroatoms. The highest BCUT2D eigenvalue weighted by atomic mass is 28.3. The Kier molecular flexibility index (Phi) is 2.62. The van der Waals surface area contributed by atoms with Gasteiger partial charge in [0.25, 0.3) is 0 Å². The Hall–Kier alpha value is -6.43. The Bertz CT molecular complexity index is 4170. The highest BCUT2D eigenvalue weighted by Crippen LogP contribution is 2.39. The van der Waals surface area contributed by atoms with Crippen LogP contribution in [0, 0.1) is 0 Å². The monoisotopic (exact) mass is 684 g/mol. The van der Waals surface area contributed by atoms with Crippen LogP contribution in [0.5, 0.6) is 0 Å². The molecule has 0 fully saturated rings. The average Bonchev–Trinajstić information content (AvgIpc) is 1.94. The lowest BCUT2D eigenvalue weighted by Gasteiger charge is -2.40. The molecule has 2 aromatic heterocycles. The van der Waals surface area contributed by atoms with Crippen LogP contribution in [0.3, 0.4) is 0 Å². The highest BCUT2D eigenvalue weighted by molar-refractivity contribution is 7.21. The van der Waals surface area contributed by atoms with E-state index < -0.39 is 272 Å². The van der Waals surface area contributed by atoms with Crippen molar-refractivity contribution >= 4 is 50.6 Å². The maximum absolute atomic E-state index is 10.1. The van der Waals surface area contributed by atoms with Crippen molar-refractivity contribution in [2.24, 2.45) is 0 Å². The molecule has 0 unspecified atom stereocenters. The molecular formula is C45H30N4Si. The quantitative estimate of drug-likeness (QED) is 0.175. The first-order valence-electron chi connectivity index (χ1n) is 29.5. The minimum atomic E-state index is -6.22. The van der Waals surface area contributed by atoms with Gasteiger partial charge in [-0.25, -0.2) is 15.0 Å². The fourth-order valence-corrected chi connectivity index (χ4v) is 10.4. The zero-order valence-corrected chi connectivity index (χ0v) is 25.8. The third-order valence-corrected chi connectivity index (χ3v) is 12.3. The molecule has 10 rings (SSSR count). The molecule has 1 aliphatic rings. The molecule has 0 spiro atoms. The number of benzene rings is 7. The maximum Gasteiger partial charge on any atom is 0.184 e. The van der Waals surface area contributed by atoms with Gasteiger partial charge in [-0.1, -0.05) is 169 Å². The molecule has 0 amide bonds. The lowest BCUT2D eigenvalue weighted by molar-refractivity contribution is 1.07. The minimum Gasteiger partial charge on any atom is -0.309 e. The van der Waals surface area contributed by atoms with Crippen molar-refractivity contribution in [1.29, 1.82) is 0 Å². The van der Waals surface area contributed by atoms with Crippen LogP contribution in [-0.4, -0.2) is 27.6 Å². The number of fused-ring (bicyclic) bond motifs is 5. The van der Waals surface area contributed by atoms with Gasteiger partial charge in [0.05, 0.1) is 57.8 Å². The van der Waals surface area contributed by atoms with Gasteiger partial charge in [-0.2, -0.15) is 0 Å². The molecule has 0 N–H and O–H groups in total. The third kappa shape index (κ3) is 4.14. The lowest BCUT2D eigenvalue weighted by Crippen LogP contribution is -2.76. The normalized spacial score (nSPS) is 21.4. The fraction of sp³-hybridized carbons (Fsp3) is 0. The first-order valence-corrected chi connectivity index (χ1v) is 16.5. The van der Waals surface area contributed by atoms with Crippen molar-refractivity contribution in [1.82, 2.24) is 19.5 Å². The molecule has 3 heterocycles. The topological polar surface area (TPSA) is 43.6 Å². The zero-order valence-electron chi connectivity index (χ0n) is 54.8. The molecule has 50 heavy (non-hydrogen) atoms. The molecule has 0 saturated heterocycles. The van der Waals surface area contributed by atoms with E-state index in [2.05, 4.69) is 15.0 Å². The molecule has 0 radical (unpaired) electrons. The van der Waals surface area contributed by atoms with Gasteiger partial charge >= 0.3 is 0 Å². The van der Waals surface area contributed by atoms with Crippen LogP contribution >= 0.6 is 0 Å². The summed E-state index contributed by atoms with van der Waals surface area (Å²) in [6, 6.07) is -31.8. The van der Waals surface area contributed by atoms with E-state index in [-0.39, 0.29) is 0 Å². The van der Waals surface area contributed by atoms with Gasteiger partial charge in [-0.3, -0.25) is 0 Å². The number of para-hydroxylation sites is 3. The molecule has 7 aromatic carbocycles. The first-order chi connectivity index (χ1) is 37.3. The number of rotatable bonds is 5. The van der Waals surface area contributed by atoms with Gasteiger partial charge in [-0.15, -0.1) is 0 Å². The summed E-state index contributed by atoms with van der Waals surface area (Å²) in [5, 5.41) is -5.03. The van der Waals surface area contributed by atoms with Crippen molar-refractivity contribution < 1.29 is 41.1 Å². The second-order valence-electron chi connectivity index (χ2n) is 10.6. The summed E-state index contributed by atoms with van der Waals surface area (Å²) in [7, 11) is -6.22. The summed E-state index contributed by atoms with van der Waals surface area (Å²) >= 11 is 0. The van der Waals surface area contributed by atoms with Gasteiger partial charge in [0.15, 0.2) is 25.5 Å². The Morgan fingerprint density at radius 3 is 1.52 bits per heavy atom. The summed E-state index contributed by atoms with van der Waals surface area (Å²) in [6.07, 6.45) is 0. The van der Waals surface area contributed by atoms with E-state index in [1.54, 1.807) is 0 Å². The van der Waals surface area contributed by atoms with E-state index >= 15 is 0 Å². The minimum absolute atomic E-state index is 0.627. The predicted molar refractivity (Wildman–Crippen MR) is 208 cm³/mol. The van der Waals surface area contributed by atoms with Crippen LogP contribution in [-0.2, 0) is 0 Å². The Morgan fingerprint density at radius 2 is 0.900 bits per heavy atom. The van der Waals surface area contributed by atoms with Crippen molar-refractivity contribution in [2.75, 3.05) is 0 Å². The van der Waals surface area contributed by atoms with Gasteiger partial charge in [0.2, 0.25) is 0 Å². The van der Waals surface area contributed by atoms with Gasteiger partial charge in [-0.05, 0) is 32.8 Å². The van der Waals surface area contributed by atoms with Crippen LogP contribution in [0.4, 0.5) is 0 Å². The second-order valence-corrected chi connectivity index (χ2v) is 14.1. The van der Waals surface area contributed by atoms with E-state index in [4.69, 9.17) is 24.7 Å². The summed E-state index contributed by atoms with van der Waals surface area (Å²) in [5.41, 5.74) is -4.92. The number of hydrogen-bond acceptors (Lipinski definition) is 3. The lowest BCUT2D eigenvalue weighted by atomic mass is 10.1. The largest absolute Gasteiger partial charge is 0.309 e. The number of nitrogens with zero attached hydrogens (tertiary/aromatic N) is 4. The summed E-state index contributed by atoms with van der Waals surface area (Å²) in [6.45, 7) is 0. The predicted octanol–water partition coefficient (Wildman–Crippen LogP) is 7.66. The number of aromatic nitrogens is 4. The van der Waals surface area contributed by atoms with Gasteiger partial charge in [0, 0.05) is 27.5 Å². The van der Waals surface area contributed by atoms with Crippen LogP contribution in [0.1, 0.15) is 41.1 Å². The first kappa shape index (κ1) is 11.6. The van der Waals surface area contributed by atoms with Crippen molar-refractivity contribution in [3.8, 4) is 39.9 Å². The molecule has 0 atom stereocenters. The van der Waals surface area contributed by atoms with E-state index in [1.165, 1.54) is 0 Å². The van der Waals surface area contributed by atoms with E-state index in [0.29, 0.717) is 0 Å². The standard InChI is InChI=1S/C45H30N4Si/c1-5-17-31(18-6-1)43-46-44(32-19-7-2-8-20-32)48-45(47-43)37-27-16-30-40-42(37)49-38-28-14-13-25-35(38)36-26-15-29-39(41(36)49)50(40,33-21-9-3-10-22-33)34-23-11-4-12-24-34/h1-30H/i1D,2D,3D,4D,5D,6D,7D,8D,9D,10D,11D,12D,13D,14D,15D,16D,17D,18D,19D,20D,21D,22D,23D,24D,25D,26D,27D,28D,29D,30D. The molecule has 1 aliphatic heterocycles. The van der Waals surface area contributed by atoms with E-state index in [0.717, 1.165) is 4.57 Å². The van der Waals surface area contributed by atoms with Crippen molar-refractivity contribution in [3.63, 3.8) is 0 Å². The second kappa shape index (κ2) is 11.3. The van der Waals surface area contributed by atoms with Crippen LogP contribution in [0.2, 0.25) is 0 Å². The van der Waals surface area contributed by atoms with Crippen LogP contribution in [0.25, 0.3) is 61.7 Å². The van der Waals surface area contributed by atoms with E-state index in [1.807, 2.05) is 0 Å². The van der Waals surface area contributed by atoms with Crippen LogP contribution in [0.15, 0.2) is 181 Å². The fourth-order valence-electron chi connectivity index (χ4n) is 6.18. The molecule has 9 aromatic rings. The zero-order chi connectivity index (χ0) is 59.2. The number of hydrogen-bond donors (Lipinski definition) is 0. The average molecular weight is 685 g/mol. The van der Waals surface area contributed by atoms with Crippen LogP contribution < -0.4 is 20.7 Å².